The number of hydrogen-bond acceptors (Lipinski definition) is 12. The zero-order chi connectivity index (χ0) is 38.8. The van der Waals surface area contributed by atoms with Crippen LogP contribution in [0.3, 0.4) is 0 Å². The first-order valence-corrected chi connectivity index (χ1v) is 17.9. The number of nitriles is 1. The second-order valence-electron chi connectivity index (χ2n) is 13.6. The Hall–Kier alpha value is -5.80. The Balaban J connectivity index is 1.38. The third kappa shape index (κ3) is 6.16. The van der Waals surface area contributed by atoms with E-state index in [0.29, 0.717) is 35.4 Å². The molecular formula is C37H30F6N8O3S. The minimum absolute atomic E-state index is 0.0677. The molecule has 3 atom stereocenters. The van der Waals surface area contributed by atoms with E-state index in [0.717, 1.165) is 18.6 Å². The first kappa shape index (κ1) is 36.2. The summed E-state index contributed by atoms with van der Waals surface area (Å²) >= 11 is 0.609. The van der Waals surface area contributed by atoms with Gasteiger partial charge < -0.3 is 31.0 Å². The van der Waals surface area contributed by atoms with Crippen molar-refractivity contribution in [2.45, 2.75) is 49.6 Å². The number of alkyl halides is 4. The normalized spacial score (nSPS) is 19.2. The number of nitrogens with two attached hydrogens (primary N) is 2. The highest BCUT2D eigenvalue weighted by Gasteiger charge is 2.49. The van der Waals surface area contributed by atoms with Crippen LogP contribution in [0.4, 0.5) is 43.0 Å². The van der Waals surface area contributed by atoms with Crippen molar-refractivity contribution >= 4 is 49.0 Å². The Morgan fingerprint density at radius 1 is 1.18 bits per heavy atom. The van der Waals surface area contributed by atoms with Gasteiger partial charge in [0.15, 0.2) is 5.82 Å². The smallest absolute Gasteiger partial charge is 0.420 e. The summed E-state index contributed by atoms with van der Waals surface area (Å²) in [6.07, 6.45) is -0.565. The molecule has 2 aliphatic rings. The van der Waals surface area contributed by atoms with Gasteiger partial charge in [-0.25, -0.2) is 18.2 Å². The third-order valence-corrected chi connectivity index (χ3v) is 11.4. The van der Waals surface area contributed by atoms with Crippen molar-refractivity contribution in [1.29, 1.82) is 5.26 Å². The molecule has 0 amide bonds. The Bertz CT molecular complexity index is 2510. The number of phenolic OH excluding ortho intramolecular Hbond substituents is 1. The van der Waals surface area contributed by atoms with E-state index in [4.69, 9.17) is 20.6 Å². The molecule has 2 fully saturated rings. The van der Waals surface area contributed by atoms with Crippen molar-refractivity contribution < 1.29 is 40.6 Å². The molecule has 2 aliphatic heterocycles. The van der Waals surface area contributed by atoms with Gasteiger partial charge in [0.25, 0.3) is 0 Å². The number of hydrogen-bond donors (Lipinski definition) is 4. The predicted molar refractivity (Wildman–Crippen MR) is 192 cm³/mol. The Labute approximate surface area is 312 Å². The standard InChI is InChI=1S/C37H30F6N8O3S/c38-18-12-36(7-2-9-51(36)14-18)16-54-35-49-29-26(34(50-35)48-23(11-17-6-10-53-15-17)19-3-1-8-47-32(19)45)30(52)27(37(41,42)43)25(28(29)40)20-4-5-22(39)31-24(20)21(13-44)33(46)55-31/h1,3-6,8,10,15,18,23,52H,2,7,9,11-12,14,16,46H2,(H2,45,47)(H,48,49,50)/t18-,23-,36+/m1/s1. The van der Waals surface area contributed by atoms with E-state index in [1.165, 1.54) is 18.7 Å². The highest BCUT2D eigenvalue weighted by molar-refractivity contribution is 7.23. The van der Waals surface area contributed by atoms with Gasteiger partial charge in [0.2, 0.25) is 0 Å². The number of pyridine rings is 1. The van der Waals surface area contributed by atoms with E-state index in [2.05, 4.69) is 20.3 Å². The van der Waals surface area contributed by atoms with Crippen LogP contribution in [0.2, 0.25) is 0 Å². The maximum absolute atomic E-state index is 17.3. The molecule has 6 N–H and O–H groups in total. The van der Waals surface area contributed by atoms with Crippen molar-refractivity contribution in [1.82, 2.24) is 19.9 Å². The zero-order valence-corrected chi connectivity index (χ0v) is 29.4. The molecule has 18 heteroatoms. The van der Waals surface area contributed by atoms with Gasteiger partial charge in [0.05, 0.1) is 39.8 Å². The summed E-state index contributed by atoms with van der Waals surface area (Å²) in [6, 6.07) is 6.97. The number of aromatic hydroxyl groups is 1. The Morgan fingerprint density at radius 3 is 2.73 bits per heavy atom. The molecule has 0 unspecified atom stereocenters. The van der Waals surface area contributed by atoms with Crippen LogP contribution in [0.25, 0.3) is 32.1 Å². The summed E-state index contributed by atoms with van der Waals surface area (Å²) < 4.78 is 104. The number of nitrogens with zero attached hydrogens (tertiary/aromatic N) is 5. The van der Waals surface area contributed by atoms with Crippen LogP contribution in [0.15, 0.2) is 53.5 Å². The lowest BCUT2D eigenvalue weighted by atomic mass is 9.91. The molecule has 2 saturated heterocycles. The number of nitrogens with one attached hydrogen (secondary N) is 1. The fraction of sp³-hybridized carbons (Fsp3) is 0.297. The second kappa shape index (κ2) is 13.5. The summed E-state index contributed by atoms with van der Waals surface area (Å²) in [5.41, 5.74) is 7.78. The van der Waals surface area contributed by atoms with E-state index >= 15 is 22.0 Å². The first-order chi connectivity index (χ1) is 26.3. The molecule has 0 bridgehead atoms. The van der Waals surface area contributed by atoms with Crippen LogP contribution in [0.5, 0.6) is 11.8 Å². The number of fused-ring (bicyclic) bond motifs is 3. The molecule has 4 aromatic heterocycles. The number of furan rings is 1. The van der Waals surface area contributed by atoms with Crippen LogP contribution in [-0.2, 0) is 12.6 Å². The summed E-state index contributed by atoms with van der Waals surface area (Å²) in [7, 11) is 0. The number of ether oxygens (including phenoxy) is 1. The number of anilines is 3. The molecule has 0 radical (unpaired) electrons. The quantitative estimate of drug-likeness (QED) is 0.105. The Kier molecular flexibility index (Phi) is 8.88. The number of thiophene rings is 1. The lowest BCUT2D eigenvalue weighted by Crippen LogP contribution is -2.43. The van der Waals surface area contributed by atoms with Crippen LogP contribution in [0.1, 0.15) is 47.6 Å². The third-order valence-electron chi connectivity index (χ3n) is 10.3. The van der Waals surface area contributed by atoms with Gasteiger partial charge in [-0.15, -0.1) is 11.3 Å². The lowest BCUT2D eigenvalue weighted by Gasteiger charge is -2.31. The summed E-state index contributed by atoms with van der Waals surface area (Å²) in [4.78, 5) is 14.7. The van der Waals surface area contributed by atoms with Crippen molar-refractivity contribution in [3.63, 3.8) is 0 Å². The van der Waals surface area contributed by atoms with Crippen molar-refractivity contribution in [3.8, 4) is 29.0 Å². The number of aromatic nitrogens is 3. The van der Waals surface area contributed by atoms with E-state index < -0.39 is 80.7 Å². The molecule has 55 heavy (non-hydrogen) atoms. The number of benzene rings is 2. The number of halogens is 6. The number of rotatable bonds is 9. The minimum atomic E-state index is -5.42. The van der Waals surface area contributed by atoms with Gasteiger partial charge in [-0.3, -0.25) is 4.90 Å². The molecule has 0 aliphatic carbocycles. The van der Waals surface area contributed by atoms with Gasteiger partial charge >= 0.3 is 12.2 Å². The van der Waals surface area contributed by atoms with Gasteiger partial charge in [-0.2, -0.15) is 28.4 Å². The summed E-state index contributed by atoms with van der Waals surface area (Å²) in [6.45, 7) is 0.714. The molecule has 6 heterocycles. The zero-order valence-electron chi connectivity index (χ0n) is 28.6. The predicted octanol–water partition coefficient (Wildman–Crippen LogP) is 7.89. The van der Waals surface area contributed by atoms with Crippen LogP contribution in [-0.4, -0.2) is 56.4 Å². The summed E-state index contributed by atoms with van der Waals surface area (Å²) in [5, 5.41) is 23.3. The van der Waals surface area contributed by atoms with Crippen LogP contribution in [0, 0.1) is 23.0 Å². The molecule has 0 spiro atoms. The SMILES string of the molecule is N#Cc1c(N)sc2c(F)ccc(-c3c(C(F)(F)F)c(O)c4c(N[C@H](Cc5ccoc5)c5cccnc5N)nc(OC[C@@]56CCCN5C[C@H](F)C6)nc4c3F)c12. The average Bonchev–Trinajstić information content (AvgIpc) is 3.92. The highest BCUT2D eigenvalue weighted by atomic mass is 32.1. The van der Waals surface area contributed by atoms with Gasteiger partial charge in [0, 0.05) is 42.1 Å². The second-order valence-corrected chi connectivity index (χ2v) is 14.7. The molecule has 11 nitrogen and oxygen atoms in total. The van der Waals surface area contributed by atoms with Gasteiger partial charge in [-0.1, -0.05) is 12.1 Å². The number of nitrogen functional groups attached to an aromatic ring is 2. The van der Waals surface area contributed by atoms with E-state index in [-0.39, 0.29) is 52.5 Å². The molecule has 284 valence electrons. The molecule has 6 aromatic rings. The molecule has 0 saturated carbocycles. The topological polar surface area (TPSA) is 172 Å². The fourth-order valence-corrected chi connectivity index (χ4v) is 8.87. The van der Waals surface area contributed by atoms with Gasteiger partial charge in [-0.05, 0) is 48.7 Å². The monoisotopic (exact) mass is 780 g/mol. The largest absolute Gasteiger partial charge is 0.506 e. The van der Waals surface area contributed by atoms with E-state index in [9.17, 15) is 14.8 Å². The maximum atomic E-state index is 17.3. The van der Waals surface area contributed by atoms with Crippen LogP contribution < -0.4 is 21.5 Å². The first-order valence-electron chi connectivity index (χ1n) is 17.0. The van der Waals surface area contributed by atoms with Crippen molar-refractivity contribution in [2.75, 3.05) is 36.5 Å². The average molecular weight is 781 g/mol. The van der Waals surface area contributed by atoms with Crippen molar-refractivity contribution in [3.05, 3.63) is 82.9 Å². The van der Waals surface area contributed by atoms with Crippen LogP contribution >= 0.6 is 11.3 Å². The van der Waals surface area contributed by atoms with Gasteiger partial charge in [0.1, 0.15) is 58.1 Å². The minimum Gasteiger partial charge on any atom is -0.506 e. The fourth-order valence-electron chi connectivity index (χ4n) is 7.92. The molecule has 8 rings (SSSR count). The maximum Gasteiger partial charge on any atom is 0.420 e. The molecular weight excluding hydrogens is 751 g/mol. The van der Waals surface area contributed by atoms with Crippen molar-refractivity contribution in [2.24, 2.45) is 0 Å². The van der Waals surface area contributed by atoms with E-state index in [1.54, 1.807) is 24.3 Å². The molecule has 2 aromatic carbocycles. The highest BCUT2D eigenvalue weighted by Crippen LogP contribution is 2.52. The number of phenols is 1. The lowest BCUT2D eigenvalue weighted by molar-refractivity contribution is -0.138. The van der Waals surface area contributed by atoms with E-state index in [1.807, 2.05) is 4.90 Å². The Morgan fingerprint density at radius 2 is 2.00 bits per heavy atom. The summed E-state index contributed by atoms with van der Waals surface area (Å²) in [5.74, 6) is -4.32.